The molecule has 0 radical (unpaired) electrons. The second-order valence-corrected chi connectivity index (χ2v) is 9.14. The molecule has 4 rings (SSSR count). The van der Waals surface area contributed by atoms with Gasteiger partial charge in [-0.05, 0) is 67.4 Å². The van der Waals surface area contributed by atoms with Crippen LogP contribution in [-0.2, 0) is 0 Å². The largest absolute Gasteiger partial charge is 0.493 e. The Bertz CT molecular complexity index is 1330. The molecule has 0 saturated carbocycles. The normalized spacial score (nSPS) is 11.0. The van der Waals surface area contributed by atoms with Crippen molar-refractivity contribution in [3.63, 3.8) is 0 Å². The van der Waals surface area contributed by atoms with Gasteiger partial charge in [0.15, 0.2) is 22.5 Å². The lowest BCUT2D eigenvalue weighted by molar-refractivity contribution is 0.355. The van der Waals surface area contributed by atoms with Crippen molar-refractivity contribution in [2.75, 3.05) is 14.2 Å². The molecule has 4 nitrogen and oxygen atoms in total. The van der Waals surface area contributed by atoms with Gasteiger partial charge in [-0.25, -0.2) is 0 Å². The number of hydrogen-bond acceptors (Lipinski definition) is 5. The summed E-state index contributed by atoms with van der Waals surface area (Å²) in [6, 6.07) is 17.1. The maximum absolute atomic E-state index is 13.1. The summed E-state index contributed by atoms with van der Waals surface area (Å²) in [5, 5.41) is 0.606. The van der Waals surface area contributed by atoms with Gasteiger partial charge in [0.1, 0.15) is 5.76 Å². The summed E-state index contributed by atoms with van der Waals surface area (Å²) in [6.45, 7) is 3.98. The molecule has 0 bridgehead atoms. The zero-order valence-corrected chi connectivity index (χ0v) is 20.0. The topological polar surface area (TPSA) is 48.7 Å². The quantitative estimate of drug-likeness (QED) is 0.297. The lowest BCUT2D eigenvalue weighted by Crippen LogP contribution is -2.04. The minimum Gasteiger partial charge on any atom is -0.493 e. The van der Waals surface area contributed by atoms with Crippen LogP contribution in [0.2, 0.25) is 0 Å². The van der Waals surface area contributed by atoms with E-state index in [-0.39, 0.29) is 5.43 Å². The Morgan fingerprint density at radius 2 is 1.58 bits per heavy atom. The SMILES string of the molecule is COc1ccc(-c2cc(=O)c3c(C)cc(C)c(Sc4ccc(Br)cc4)c3o2)cc1OC. The predicted molar refractivity (Wildman–Crippen MR) is 129 cm³/mol. The third kappa shape index (κ3) is 4.23. The van der Waals surface area contributed by atoms with Crippen LogP contribution >= 0.6 is 27.7 Å². The van der Waals surface area contributed by atoms with Crippen LogP contribution in [0.25, 0.3) is 22.3 Å². The number of methoxy groups -OCH3 is 2. The van der Waals surface area contributed by atoms with Crippen molar-refractivity contribution in [3.8, 4) is 22.8 Å². The van der Waals surface area contributed by atoms with Crippen LogP contribution in [0, 0.1) is 13.8 Å². The van der Waals surface area contributed by atoms with Crippen molar-refractivity contribution in [1.82, 2.24) is 0 Å². The van der Waals surface area contributed by atoms with Crippen molar-refractivity contribution < 1.29 is 13.9 Å². The first-order valence-corrected chi connectivity index (χ1v) is 11.3. The van der Waals surface area contributed by atoms with E-state index in [0.717, 1.165) is 31.0 Å². The third-order valence-electron chi connectivity index (χ3n) is 5.04. The van der Waals surface area contributed by atoms with Crippen LogP contribution in [-0.4, -0.2) is 14.2 Å². The molecular formula is C25H21BrO4S. The molecule has 158 valence electrons. The van der Waals surface area contributed by atoms with Crippen molar-refractivity contribution in [3.05, 3.63) is 80.4 Å². The van der Waals surface area contributed by atoms with Gasteiger partial charge in [-0.15, -0.1) is 0 Å². The fourth-order valence-electron chi connectivity index (χ4n) is 3.55. The molecule has 6 heteroatoms. The highest BCUT2D eigenvalue weighted by atomic mass is 79.9. The van der Waals surface area contributed by atoms with Crippen molar-refractivity contribution in [2.45, 2.75) is 23.6 Å². The predicted octanol–water partition coefficient (Wildman–Crippen LogP) is 7.01. The maximum atomic E-state index is 13.1. The molecule has 1 aromatic heterocycles. The van der Waals surface area contributed by atoms with E-state index in [1.807, 2.05) is 56.3 Å². The van der Waals surface area contributed by atoms with Crippen molar-refractivity contribution in [1.29, 1.82) is 0 Å². The van der Waals surface area contributed by atoms with Crippen LogP contribution in [0.1, 0.15) is 11.1 Å². The first kappa shape index (κ1) is 21.5. The zero-order chi connectivity index (χ0) is 22.1. The van der Waals surface area contributed by atoms with Crippen LogP contribution in [0.3, 0.4) is 0 Å². The van der Waals surface area contributed by atoms with E-state index in [0.29, 0.717) is 28.2 Å². The summed E-state index contributed by atoms with van der Waals surface area (Å²) >= 11 is 5.06. The van der Waals surface area contributed by atoms with E-state index in [1.165, 1.54) is 0 Å². The number of aryl methyl sites for hydroxylation is 2. The number of hydrogen-bond donors (Lipinski definition) is 0. The third-order valence-corrected chi connectivity index (χ3v) is 6.79. The van der Waals surface area contributed by atoms with Gasteiger partial charge in [0, 0.05) is 21.0 Å². The standard InChI is InChI=1S/C25H21BrO4S/c1-14-11-15(2)25(31-18-8-6-17(26)7-9-18)24-23(14)19(27)13-21(30-24)16-5-10-20(28-3)22(12-16)29-4/h5-13H,1-4H3. The molecular weight excluding hydrogens is 476 g/mol. The van der Waals surface area contributed by atoms with Gasteiger partial charge < -0.3 is 13.9 Å². The van der Waals surface area contributed by atoms with E-state index < -0.39 is 0 Å². The number of benzene rings is 3. The van der Waals surface area contributed by atoms with E-state index in [1.54, 1.807) is 38.1 Å². The van der Waals surface area contributed by atoms with Crippen LogP contribution in [0.5, 0.6) is 11.5 Å². The second-order valence-electron chi connectivity index (χ2n) is 7.14. The number of rotatable bonds is 5. The number of ether oxygens (including phenoxy) is 2. The fourth-order valence-corrected chi connectivity index (χ4v) is 4.78. The molecule has 0 amide bonds. The molecule has 0 aliphatic heterocycles. The summed E-state index contributed by atoms with van der Waals surface area (Å²) in [6.07, 6.45) is 0. The van der Waals surface area contributed by atoms with Crippen LogP contribution in [0.4, 0.5) is 0 Å². The first-order valence-electron chi connectivity index (χ1n) is 9.65. The first-order chi connectivity index (χ1) is 14.9. The number of fused-ring (bicyclic) bond motifs is 1. The summed E-state index contributed by atoms with van der Waals surface area (Å²) in [4.78, 5) is 15.1. The Hall–Kier alpha value is -2.70. The molecule has 0 N–H and O–H groups in total. The van der Waals surface area contributed by atoms with Gasteiger partial charge in [-0.2, -0.15) is 0 Å². The zero-order valence-electron chi connectivity index (χ0n) is 17.6. The minimum atomic E-state index is -0.0683. The Morgan fingerprint density at radius 1 is 0.871 bits per heavy atom. The minimum absolute atomic E-state index is 0.0683. The number of halogens is 1. The van der Waals surface area contributed by atoms with Gasteiger partial charge in [0.2, 0.25) is 0 Å². The maximum Gasteiger partial charge on any atom is 0.193 e. The molecule has 0 spiro atoms. The molecule has 1 heterocycles. The van der Waals surface area contributed by atoms with E-state index in [2.05, 4.69) is 15.9 Å². The molecule has 4 aromatic rings. The van der Waals surface area contributed by atoms with Gasteiger partial charge in [-0.1, -0.05) is 33.8 Å². The van der Waals surface area contributed by atoms with E-state index >= 15 is 0 Å². The van der Waals surface area contributed by atoms with E-state index in [4.69, 9.17) is 13.9 Å². The summed E-state index contributed by atoms with van der Waals surface area (Å²) < 4.78 is 18.1. The van der Waals surface area contributed by atoms with Gasteiger partial charge >= 0.3 is 0 Å². The summed E-state index contributed by atoms with van der Waals surface area (Å²) in [5.41, 5.74) is 3.24. The van der Waals surface area contributed by atoms with Crippen LogP contribution < -0.4 is 14.9 Å². The molecule has 0 saturated heterocycles. The summed E-state index contributed by atoms with van der Waals surface area (Å²) in [5.74, 6) is 1.68. The van der Waals surface area contributed by atoms with Crippen molar-refractivity contribution >= 4 is 38.7 Å². The molecule has 31 heavy (non-hydrogen) atoms. The van der Waals surface area contributed by atoms with Crippen molar-refractivity contribution in [2.24, 2.45) is 0 Å². The Kier molecular flexibility index (Phi) is 6.12. The Labute approximate surface area is 193 Å². The average molecular weight is 497 g/mol. The Morgan fingerprint density at radius 3 is 2.26 bits per heavy atom. The second kappa shape index (κ2) is 8.81. The van der Waals surface area contributed by atoms with Gasteiger partial charge in [-0.3, -0.25) is 4.79 Å². The Balaban J connectivity index is 1.92. The summed E-state index contributed by atoms with van der Waals surface area (Å²) in [7, 11) is 3.17. The highest BCUT2D eigenvalue weighted by molar-refractivity contribution is 9.10. The highest BCUT2D eigenvalue weighted by Gasteiger charge is 2.17. The van der Waals surface area contributed by atoms with Gasteiger partial charge in [0.05, 0.1) is 24.5 Å². The smallest absolute Gasteiger partial charge is 0.193 e. The molecule has 0 aliphatic rings. The average Bonchev–Trinajstić information content (AvgIpc) is 2.76. The molecule has 0 unspecified atom stereocenters. The molecule has 0 aliphatic carbocycles. The molecule has 3 aromatic carbocycles. The van der Waals surface area contributed by atoms with Gasteiger partial charge in [0.25, 0.3) is 0 Å². The van der Waals surface area contributed by atoms with E-state index in [9.17, 15) is 4.79 Å². The molecule has 0 fully saturated rings. The fraction of sp³-hybridized carbons (Fsp3) is 0.160. The highest BCUT2D eigenvalue weighted by Crippen LogP contribution is 2.39. The van der Waals surface area contributed by atoms with Crippen LogP contribution in [0.15, 0.2) is 78.1 Å². The molecule has 0 atom stereocenters. The lowest BCUT2D eigenvalue weighted by atomic mass is 10.0. The lowest BCUT2D eigenvalue weighted by Gasteiger charge is -2.13. The monoisotopic (exact) mass is 496 g/mol.